The molecule has 0 spiro atoms. The summed E-state index contributed by atoms with van der Waals surface area (Å²) in [6, 6.07) is 7.99. The molecule has 0 amide bonds. The second kappa shape index (κ2) is 4.54. The van der Waals surface area contributed by atoms with Crippen LogP contribution in [0.3, 0.4) is 0 Å². The highest BCUT2D eigenvalue weighted by atomic mass is 16.3. The molecule has 1 unspecified atom stereocenters. The molecule has 0 aliphatic carbocycles. The zero-order chi connectivity index (χ0) is 11.5. The highest BCUT2D eigenvalue weighted by Crippen LogP contribution is 2.22. The van der Waals surface area contributed by atoms with Gasteiger partial charge in [-0.15, -0.1) is 0 Å². The Morgan fingerprint density at radius 2 is 1.88 bits per heavy atom. The number of rotatable bonds is 3. The van der Waals surface area contributed by atoms with E-state index in [9.17, 15) is 5.11 Å². The third-order valence-electron chi connectivity index (χ3n) is 2.97. The minimum absolute atomic E-state index is 0.487. The van der Waals surface area contributed by atoms with Crippen LogP contribution in [-0.2, 0) is 6.42 Å². The summed E-state index contributed by atoms with van der Waals surface area (Å²) >= 11 is 0. The van der Waals surface area contributed by atoms with Crippen molar-refractivity contribution in [1.29, 1.82) is 0 Å². The lowest BCUT2D eigenvalue weighted by Gasteiger charge is -2.13. The average molecular weight is 216 g/mol. The van der Waals surface area contributed by atoms with Gasteiger partial charge in [-0.25, -0.2) is 0 Å². The molecule has 84 valence electrons. The summed E-state index contributed by atoms with van der Waals surface area (Å²) in [5, 5.41) is 10.1. The first-order valence-electron chi connectivity index (χ1n) is 5.43. The van der Waals surface area contributed by atoms with Gasteiger partial charge < -0.3 is 9.52 Å². The molecule has 2 heteroatoms. The van der Waals surface area contributed by atoms with Crippen LogP contribution in [0, 0.1) is 13.8 Å². The second-order valence-electron chi connectivity index (χ2n) is 4.15. The van der Waals surface area contributed by atoms with Crippen molar-refractivity contribution < 1.29 is 9.52 Å². The maximum atomic E-state index is 10.1. The van der Waals surface area contributed by atoms with Crippen LogP contribution in [-0.4, -0.2) is 5.11 Å². The van der Waals surface area contributed by atoms with E-state index in [4.69, 9.17) is 4.42 Å². The van der Waals surface area contributed by atoms with E-state index < -0.39 is 6.10 Å². The molecule has 0 saturated heterocycles. The molecule has 2 rings (SSSR count). The SMILES string of the molecule is Cc1cccc(C)c1CC(O)c1ccoc1. The summed E-state index contributed by atoms with van der Waals surface area (Å²) in [7, 11) is 0. The molecule has 1 aromatic heterocycles. The maximum Gasteiger partial charge on any atom is 0.0960 e. The van der Waals surface area contributed by atoms with E-state index in [1.165, 1.54) is 16.7 Å². The monoisotopic (exact) mass is 216 g/mol. The molecule has 0 bridgehead atoms. The quantitative estimate of drug-likeness (QED) is 0.854. The van der Waals surface area contributed by atoms with Gasteiger partial charge in [0.1, 0.15) is 0 Å². The van der Waals surface area contributed by atoms with Gasteiger partial charge in [0.05, 0.1) is 18.6 Å². The first-order chi connectivity index (χ1) is 7.68. The van der Waals surface area contributed by atoms with Gasteiger partial charge in [-0.05, 0) is 36.6 Å². The van der Waals surface area contributed by atoms with Gasteiger partial charge in [0.25, 0.3) is 0 Å². The van der Waals surface area contributed by atoms with Crippen LogP contribution in [0.2, 0.25) is 0 Å². The molecule has 16 heavy (non-hydrogen) atoms. The molecule has 2 aromatic rings. The molecule has 0 radical (unpaired) electrons. The minimum atomic E-state index is -0.487. The van der Waals surface area contributed by atoms with Gasteiger partial charge in [-0.3, -0.25) is 0 Å². The summed E-state index contributed by atoms with van der Waals surface area (Å²) < 4.78 is 4.97. The van der Waals surface area contributed by atoms with Gasteiger partial charge >= 0.3 is 0 Å². The second-order valence-corrected chi connectivity index (χ2v) is 4.15. The first kappa shape index (κ1) is 11.0. The molecular formula is C14H16O2. The van der Waals surface area contributed by atoms with E-state index >= 15 is 0 Å². The standard InChI is InChI=1S/C14H16O2/c1-10-4-3-5-11(2)13(10)8-14(15)12-6-7-16-9-12/h3-7,9,14-15H,8H2,1-2H3. The number of benzene rings is 1. The van der Waals surface area contributed by atoms with Crippen molar-refractivity contribution in [2.45, 2.75) is 26.4 Å². The van der Waals surface area contributed by atoms with E-state index in [-0.39, 0.29) is 0 Å². The molecule has 2 nitrogen and oxygen atoms in total. The molecule has 1 N–H and O–H groups in total. The van der Waals surface area contributed by atoms with Crippen molar-refractivity contribution in [3.8, 4) is 0 Å². The number of aryl methyl sites for hydroxylation is 2. The third kappa shape index (κ3) is 2.17. The van der Waals surface area contributed by atoms with E-state index in [0.29, 0.717) is 6.42 Å². The Bertz CT molecular complexity index is 437. The largest absolute Gasteiger partial charge is 0.472 e. The van der Waals surface area contributed by atoms with Crippen LogP contribution in [0.4, 0.5) is 0 Å². The highest BCUT2D eigenvalue weighted by Gasteiger charge is 2.12. The molecule has 1 aromatic carbocycles. The van der Waals surface area contributed by atoms with Gasteiger partial charge in [0, 0.05) is 12.0 Å². The Labute approximate surface area is 95.5 Å². The normalized spacial score (nSPS) is 12.7. The molecule has 0 aliphatic rings. The predicted octanol–water partition coefficient (Wildman–Crippen LogP) is 3.17. The fourth-order valence-electron chi connectivity index (χ4n) is 1.95. The third-order valence-corrected chi connectivity index (χ3v) is 2.97. The zero-order valence-corrected chi connectivity index (χ0v) is 9.60. The van der Waals surface area contributed by atoms with Crippen molar-refractivity contribution in [3.05, 3.63) is 59.0 Å². The van der Waals surface area contributed by atoms with Crippen LogP contribution in [0.15, 0.2) is 41.2 Å². The summed E-state index contributed by atoms with van der Waals surface area (Å²) in [5.74, 6) is 0. The van der Waals surface area contributed by atoms with Gasteiger partial charge in [0.15, 0.2) is 0 Å². The molecule has 0 aliphatic heterocycles. The molecule has 1 atom stereocenters. The van der Waals surface area contributed by atoms with E-state index in [2.05, 4.69) is 26.0 Å². The number of furan rings is 1. The van der Waals surface area contributed by atoms with Crippen LogP contribution >= 0.6 is 0 Å². The van der Waals surface area contributed by atoms with Crippen molar-refractivity contribution in [2.75, 3.05) is 0 Å². The van der Waals surface area contributed by atoms with Gasteiger partial charge in [-0.1, -0.05) is 18.2 Å². The lowest BCUT2D eigenvalue weighted by atomic mass is 9.95. The van der Waals surface area contributed by atoms with Gasteiger partial charge in [-0.2, -0.15) is 0 Å². The molecule has 1 heterocycles. The van der Waals surface area contributed by atoms with Crippen molar-refractivity contribution in [1.82, 2.24) is 0 Å². The summed E-state index contributed by atoms with van der Waals surface area (Å²) in [4.78, 5) is 0. The Hall–Kier alpha value is -1.54. The van der Waals surface area contributed by atoms with Crippen molar-refractivity contribution >= 4 is 0 Å². The Kier molecular flexibility index (Phi) is 3.11. The highest BCUT2D eigenvalue weighted by molar-refractivity contribution is 5.34. The van der Waals surface area contributed by atoms with Crippen LogP contribution in [0.25, 0.3) is 0 Å². The Morgan fingerprint density at radius 1 is 1.19 bits per heavy atom. The van der Waals surface area contributed by atoms with Crippen LogP contribution < -0.4 is 0 Å². The molecule has 0 saturated carbocycles. The number of aliphatic hydroxyl groups excluding tert-OH is 1. The number of aliphatic hydroxyl groups is 1. The summed E-state index contributed by atoms with van der Waals surface area (Å²) in [5.41, 5.74) is 4.50. The van der Waals surface area contributed by atoms with Crippen molar-refractivity contribution in [2.24, 2.45) is 0 Å². The van der Waals surface area contributed by atoms with Crippen molar-refractivity contribution in [3.63, 3.8) is 0 Å². The van der Waals surface area contributed by atoms with Crippen LogP contribution in [0.1, 0.15) is 28.4 Å². The van der Waals surface area contributed by atoms with Gasteiger partial charge in [0.2, 0.25) is 0 Å². The fourth-order valence-corrected chi connectivity index (χ4v) is 1.95. The predicted molar refractivity (Wildman–Crippen MR) is 63.3 cm³/mol. The van der Waals surface area contributed by atoms with Crippen LogP contribution in [0.5, 0.6) is 0 Å². The lowest BCUT2D eigenvalue weighted by molar-refractivity contribution is 0.177. The summed E-state index contributed by atoms with van der Waals surface area (Å²) in [6.45, 7) is 4.15. The Balaban J connectivity index is 2.21. The zero-order valence-electron chi connectivity index (χ0n) is 9.60. The molecule has 0 fully saturated rings. The van der Waals surface area contributed by atoms with E-state index in [0.717, 1.165) is 5.56 Å². The topological polar surface area (TPSA) is 33.4 Å². The Morgan fingerprint density at radius 3 is 2.44 bits per heavy atom. The molecular weight excluding hydrogens is 200 g/mol. The minimum Gasteiger partial charge on any atom is -0.472 e. The number of hydrogen-bond donors (Lipinski definition) is 1. The number of hydrogen-bond acceptors (Lipinski definition) is 2. The lowest BCUT2D eigenvalue weighted by Crippen LogP contribution is -2.03. The van der Waals surface area contributed by atoms with E-state index in [1.54, 1.807) is 18.6 Å². The average Bonchev–Trinajstić information content (AvgIpc) is 2.76. The smallest absolute Gasteiger partial charge is 0.0960 e. The first-order valence-corrected chi connectivity index (χ1v) is 5.43. The maximum absolute atomic E-state index is 10.1. The summed E-state index contributed by atoms with van der Waals surface area (Å²) in [6.07, 6.45) is 3.33. The van der Waals surface area contributed by atoms with E-state index in [1.807, 2.05) is 6.07 Å². The fraction of sp³-hybridized carbons (Fsp3) is 0.286.